The van der Waals surface area contributed by atoms with Crippen LogP contribution in [0.15, 0.2) is 48.5 Å². The highest BCUT2D eigenvalue weighted by atomic mass is 16.7. The van der Waals surface area contributed by atoms with Crippen LogP contribution in [0.5, 0.6) is 0 Å². The average Bonchev–Trinajstić information content (AvgIpc) is 3.07. The molecule has 166 valence electrons. The topological polar surface area (TPSA) is 77.1 Å². The first kappa shape index (κ1) is 22.8. The van der Waals surface area contributed by atoms with Crippen molar-refractivity contribution in [3.63, 3.8) is 0 Å². The molecule has 0 aromatic heterocycles. The minimum atomic E-state index is -0.931. The van der Waals surface area contributed by atoms with Crippen LogP contribution in [0, 0.1) is 0 Å². The van der Waals surface area contributed by atoms with Crippen molar-refractivity contribution in [1.82, 2.24) is 10.4 Å². The van der Waals surface area contributed by atoms with Crippen molar-refractivity contribution in [2.45, 2.75) is 38.3 Å². The van der Waals surface area contributed by atoms with Crippen molar-refractivity contribution < 1.29 is 23.9 Å². The van der Waals surface area contributed by atoms with E-state index in [0.29, 0.717) is 0 Å². The third-order valence-corrected chi connectivity index (χ3v) is 5.20. The van der Waals surface area contributed by atoms with Gasteiger partial charge in [0.2, 0.25) is 0 Å². The second kappa shape index (κ2) is 9.49. The predicted octanol–water partition coefficient (Wildman–Crippen LogP) is 3.73. The molecule has 2 amide bonds. The number of hydrogen-bond acceptors (Lipinski definition) is 5. The number of ether oxygens (including phenoxy) is 2. The fourth-order valence-corrected chi connectivity index (χ4v) is 3.60. The Morgan fingerprint density at radius 3 is 2.10 bits per heavy atom. The molecule has 1 aliphatic carbocycles. The molecular formula is C24H30N2O5. The van der Waals surface area contributed by atoms with Crippen LogP contribution in [-0.4, -0.2) is 56.1 Å². The van der Waals surface area contributed by atoms with Gasteiger partial charge in [0, 0.05) is 13.0 Å². The number of hydroxylamine groups is 2. The third kappa shape index (κ3) is 5.42. The predicted molar refractivity (Wildman–Crippen MR) is 117 cm³/mol. The van der Waals surface area contributed by atoms with Crippen LogP contribution in [0.3, 0.4) is 0 Å². The first-order valence-electron chi connectivity index (χ1n) is 10.3. The van der Waals surface area contributed by atoms with Crippen molar-refractivity contribution in [2.75, 3.05) is 27.4 Å². The fourth-order valence-electron chi connectivity index (χ4n) is 3.60. The van der Waals surface area contributed by atoms with E-state index < -0.39 is 23.6 Å². The fraction of sp³-hybridized carbons (Fsp3) is 0.417. The number of amides is 2. The van der Waals surface area contributed by atoms with Gasteiger partial charge in [0.15, 0.2) is 0 Å². The summed E-state index contributed by atoms with van der Waals surface area (Å²) in [5.74, 6) is -0.486. The van der Waals surface area contributed by atoms with Gasteiger partial charge in [-0.1, -0.05) is 48.5 Å². The van der Waals surface area contributed by atoms with E-state index in [9.17, 15) is 9.59 Å². The third-order valence-electron chi connectivity index (χ3n) is 5.20. The summed E-state index contributed by atoms with van der Waals surface area (Å²) in [6, 6.07) is 15.3. The lowest BCUT2D eigenvalue weighted by Crippen LogP contribution is -2.50. The lowest BCUT2D eigenvalue weighted by molar-refractivity contribution is -0.173. The molecule has 2 aromatic rings. The summed E-state index contributed by atoms with van der Waals surface area (Å²) in [5, 5.41) is 3.68. The smallest absolute Gasteiger partial charge is 0.407 e. The Labute approximate surface area is 183 Å². The van der Waals surface area contributed by atoms with Crippen molar-refractivity contribution in [2.24, 2.45) is 0 Å². The molecule has 7 nitrogen and oxygen atoms in total. The molecule has 0 saturated heterocycles. The number of rotatable bonds is 7. The maximum atomic E-state index is 12.6. The van der Waals surface area contributed by atoms with Gasteiger partial charge >= 0.3 is 6.09 Å². The summed E-state index contributed by atoms with van der Waals surface area (Å²) in [5.41, 5.74) is 4.09. The summed E-state index contributed by atoms with van der Waals surface area (Å²) >= 11 is 0. The van der Waals surface area contributed by atoms with E-state index in [1.807, 2.05) is 45.0 Å². The van der Waals surface area contributed by atoms with E-state index in [2.05, 4.69) is 29.6 Å². The highest BCUT2D eigenvalue weighted by molar-refractivity contribution is 5.85. The van der Waals surface area contributed by atoms with Gasteiger partial charge in [-0.2, -0.15) is 0 Å². The Morgan fingerprint density at radius 1 is 1.03 bits per heavy atom. The minimum absolute atomic E-state index is 0.000227. The Bertz CT molecular complexity index is 892. The first-order valence-corrected chi connectivity index (χ1v) is 10.3. The van der Waals surface area contributed by atoms with E-state index in [1.165, 1.54) is 14.2 Å². The van der Waals surface area contributed by atoms with Gasteiger partial charge in [-0.15, -0.1) is 0 Å². The van der Waals surface area contributed by atoms with Gasteiger partial charge in [0.05, 0.1) is 19.3 Å². The van der Waals surface area contributed by atoms with Gasteiger partial charge in [-0.3, -0.25) is 9.63 Å². The molecule has 0 spiro atoms. The number of hydrogen-bond donors (Lipinski definition) is 1. The minimum Gasteiger partial charge on any atom is -0.449 e. The number of benzene rings is 2. The van der Waals surface area contributed by atoms with Gasteiger partial charge in [-0.25, -0.2) is 9.86 Å². The maximum absolute atomic E-state index is 12.6. The molecule has 1 N–H and O–H groups in total. The van der Waals surface area contributed by atoms with Crippen LogP contribution in [0.1, 0.15) is 37.8 Å². The second-order valence-electron chi connectivity index (χ2n) is 8.46. The molecule has 1 aliphatic rings. The average molecular weight is 427 g/mol. The standard InChI is InChI=1S/C24H30N2O5/c1-24(2,3)31-15-21(22(27)26(4)29-5)25-23(28)30-14-20-18-12-8-6-10-16(18)17-11-7-9-13-19(17)20/h6-13,20-21H,14-15H2,1-5H3,(H,25,28). The molecule has 0 saturated carbocycles. The molecule has 31 heavy (non-hydrogen) atoms. The van der Waals surface area contributed by atoms with Crippen LogP contribution in [-0.2, 0) is 19.1 Å². The molecule has 0 fully saturated rings. The molecule has 0 aliphatic heterocycles. The number of nitrogens with one attached hydrogen (secondary N) is 1. The molecule has 1 unspecified atom stereocenters. The van der Waals surface area contributed by atoms with E-state index in [1.54, 1.807) is 0 Å². The Kier molecular flexibility index (Phi) is 6.97. The Hall–Kier alpha value is -2.90. The van der Waals surface area contributed by atoms with Gasteiger partial charge in [-0.05, 0) is 43.0 Å². The van der Waals surface area contributed by atoms with Crippen molar-refractivity contribution >= 4 is 12.0 Å². The van der Waals surface area contributed by atoms with E-state index >= 15 is 0 Å². The van der Waals surface area contributed by atoms with Crippen LogP contribution >= 0.6 is 0 Å². The molecule has 2 aromatic carbocycles. The number of carbonyl (C=O) groups is 2. The summed E-state index contributed by atoms with van der Waals surface area (Å²) in [7, 11) is 2.86. The first-order chi connectivity index (χ1) is 14.7. The summed E-state index contributed by atoms with van der Waals surface area (Å²) in [6.45, 7) is 5.80. The maximum Gasteiger partial charge on any atom is 0.407 e. The summed E-state index contributed by atoms with van der Waals surface area (Å²) in [6.07, 6.45) is -0.678. The van der Waals surface area contributed by atoms with E-state index in [0.717, 1.165) is 27.3 Å². The zero-order valence-corrected chi connectivity index (χ0v) is 18.7. The molecule has 1 atom stereocenters. The van der Waals surface area contributed by atoms with Gasteiger partial charge in [0.1, 0.15) is 12.6 Å². The SMILES string of the molecule is CON(C)C(=O)C(COC(C)(C)C)NC(=O)OCC1c2ccccc2-c2ccccc21. The van der Waals surface area contributed by atoms with E-state index in [4.69, 9.17) is 14.3 Å². The second-order valence-corrected chi connectivity index (χ2v) is 8.46. The largest absolute Gasteiger partial charge is 0.449 e. The lowest BCUT2D eigenvalue weighted by Gasteiger charge is -2.26. The normalized spacial score (nSPS) is 13.8. The number of nitrogens with zero attached hydrogens (tertiary/aromatic N) is 1. The van der Waals surface area contributed by atoms with Crippen molar-refractivity contribution in [3.8, 4) is 11.1 Å². The summed E-state index contributed by atoms with van der Waals surface area (Å²) < 4.78 is 11.3. The number of alkyl carbamates (subject to hydrolysis) is 1. The highest BCUT2D eigenvalue weighted by Gasteiger charge is 2.31. The Morgan fingerprint density at radius 2 is 1.58 bits per heavy atom. The zero-order chi connectivity index (χ0) is 22.6. The van der Waals surface area contributed by atoms with Crippen LogP contribution in [0.25, 0.3) is 11.1 Å². The number of fused-ring (bicyclic) bond motifs is 3. The quantitative estimate of drug-likeness (QED) is 0.683. The molecule has 0 radical (unpaired) electrons. The monoisotopic (exact) mass is 426 g/mol. The Balaban J connectivity index is 1.68. The van der Waals surface area contributed by atoms with E-state index in [-0.39, 0.29) is 19.1 Å². The van der Waals surface area contributed by atoms with Crippen LogP contribution in [0.4, 0.5) is 4.79 Å². The van der Waals surface area contributed by atoms with Crippen LogP contribution < -0.4 is 5.32 Å². The van der Waals surface area contributed by atoms with Gasteiger partial charge < -0.3 is 14.8 Å². The van der Waals surface area contributed by atoms with Gasteiger partial charge in [0.25, 0.3) is 5.91 Å². The van der Waals surface area contributed by atoms with Crippen LogP contribution in [0.2, 0.25) is 0 Å². The lowest BCUT2D eigenvalue weighted by atomic mass is 9.98. The number of likely N-dealkylation sites (N-methyl/N-ethyl adjacent to an activating group) is 1. The molecule has 0 heterocycles. The molecule has 7 heteroatoms. The van der Waals surface area contributed by atoms with Crippen molar-refractivity contribution in [3.05, 3.63) is 59.7 Å². The number of carbonyl (C=O) groups excluding carboxylic acids is 2. The summed E-state index contributed by atoms with van der Waals surface area (Å²) in [4.78, 5) is 30.1. The zero-order valence-electron chi connectivity index (χ0n) is 18.7. The molecule has 0 bridgehead atoms. The highest BCUT2D eigenvalue weighted by Crippen LogP contribution is 2.44. The molecular weight excluding hydrogens is 396 g/mol. The molecule has 3 rings (SSSR count). The van der Waals surface area contributed by atoms with Crippen molar-refractivity contribution in [1.29, 1.82) is 0 Å².